The van der Waals surface area contributed by atoms with E-state index >= 15 is 0 Å². The van der Waals surface area contributed by atoms with Gasteiger partial charge in [-0.2, -0.15) is 0 Å². The highest BCUT2D eigenvalue weighted by Crippen LogP contribution is 2.32. The molecule has 0 aliphatic carbocycles. The van der Waals surface area contributed by atoms with Crippen LogP contribution in [0.4, 0.5) is 4.39 Å². The number of halogens is 1. The Morgan fingerprint density at radius 1 is 1.00 bits per heavy atom. The highest BCUT2D eigenvalue weighted by atomic mass is 32.1. The van der Waals surface area contributed by atoms with E-state index < -0.39 is 0 Å². The minimum atomic E-state index is -0.248. The summed E-state index contributed by atoms with van der Waals surface area (Å²) in [7, 11) is 3.21. The van der Waals surface area contributed by atoms with Crippen LogP contribution < -0.4 is 9.47 Å². The van der Waals surface area contributed by atoms with Crippen LogP contribution in [0.15, 0.2) is 47.8 Å². The van der Waals surface area contributed by atoms with E-state index in [1.165, 1.54) is 23.5 Å². The molecule has 0 amide bonds. The SMILES string of the molecule is COc1ccc(-c2csc(/C=C/c3cccc(F)c3)n2)cc1OC. The Kier molecular flexibility index (Phi) is 4.91. The normalized spacial score (nSPS) is 11.0. The molecule has 0 atom stereocenters. The van der Waals surface area contributed by atoms with Crippen LogP contribution in [0.25, 0.3) is 23.4 Å². The second-order valence-electron chi connectivity index (χ2n) is 5.03. The molecule has 3 aromatic rings. The predicted molar refractivity (Wildman–Crippen MR) is 96.0 cm³/mol. The van der Waals surface area contributed by atoms with Crippen molar-refractivity contribution in [1.29, 1.82) is 0 Å². The number of benzene rings is 2. The van der Waals surface area contributed by atoms with Crippen molar-refractivity contribution in [3.63, 3.8) is 0 Å². The molecule has 122 valence electrons. The number of aromatic nitrogens is 1. The Morgan fingerprint density at radius 3 is 2.58 bits per heavy atom. The van der Waals surface area contributed by atoms with Gasteiger partial charge in [0.1, 0.15) is 10.8 Å². The minimum Gasteiger partial charge on any atom is -0.493 e. The summed E-state index contributed by atoms with van der Waals surface area (Å²) in [4.78, 5) is 4.59. The Labute approximate surface area is 144 Å². The van der Waals surface area contributed by atoms with Gasteiger partial charge in [0.05, 0.1) is 19.9 Å². The van der Waals surface area contributed by atoms with Gasteiger partial charge in [-0.1, -0.05) is 18.2 Å². The number of hydrogen-bond donors (Lipinski definition) is 0. The van der Waals surface area contributed by atoms with Crippen molar-refractivity contribution >= 4 is 23.5 Å². The van der Waals surface area contributed by atoms with Gasteiger partial charge in [-0.25, -0.2) is 9.37 Å². The molecule has 0 radical (unpaired) electrons. The molecule has 5 heteroatoms. The fraction of sp³-hybridized carbons (Fsp3) is 0.105. The Hall–Kier alpha value is -2.66. The molecule has 0 unspecified atom stereocenters. The molecule has 3 rings (SSSR count). The highest BCUT2D eigenvalue weighted by molar-refractivity contribution is 7.10. The quantitative estimate of drug-likeness (QED) is 0.644. The summed E-state index contributed by atoms with van der Waals surface area (Å²) < 4.78 is 23.8. The Balaban J connectivity index is 1.83. The maximum absolute atomic E-state index is 13.2. The molecule has 0 spiro atoms. The van der Waals surface area contributed by atoms with Gasteiger partial charge in [0.25, 0.3) is 0 Å². The second-order valence-corrected chi connectivity index (χ2v) is 5.92. The lowest BCUT2D eigenvalue weighted by Crippen LogP contribution is -1.90. The number of hydrogen-bond acceptors (Lipinski definition) is 4. The first-order chi connectivity index (χ1) is 11.7. The molecule has 0 saturated heterocycles. The number of methoxy groups -OCH3 is 2. The third-order valence-corrected chi connectivity index (χ3v) is 4.28. The first-order valence-corrected chi connectivity index (χ1v) is 8.19. The van der Waals surface area contributed by atoms with Crippen molar-refractivity contribution in [2.75, 3.05) is 14.2 Å². The fourth-order valence-corrected chi connectivity index (χ4v) is 2.99. The van der Waals surface area contributed by atoms with Gasteiger partial charge in [-0.15, -0.1) is 11.3 Å². The zero-order valence-corrected chi connectivity index (χ0v) is 14.1. The summed E-state index contributed by atoms with van der Waals surface area (Å²) in [6, 6.07) is 12.1. The van der Waals surface area contributed by atoms with Crippen molar-refractivity contribution in [2.45, 2.75) is 0 Å². The van der Waals surface area contributed by atoms with Gasteiger partial charge in [-0.3, -0.25) is 0 Å². The van der Waals surface area contributed by atoms with Gasteiger partial charge in [-0.05, 0) is 42.0 Å². The van der Waals surface area contributed by atoms with Gasteiger partial charge < -0.3 is 9.47 Å². The van der Waals surface area contributed by atoms with Crippen LogP contribution in [0.2, 0.25) is 0 Å². The fourth-order valence-electron chi connectivity index (χ4n) is 2.27. The molecule has 1 aromatic heterocycles. The maximum atomic E-state index is 13.2. The summed E-state index contributed by atoms with van der Waals surface area (Å²) in [5.41, 5.74) is 2.62. The molecule has 0 fully saturated rings. The van der Waals surface area contributed by atoms with Crippen molar-refractivity contribution in [1.82, 2.24) is 4.98 Å². The van der Waals surface area contributed by atoms with E-state index in [4.69, 9.17) is 9.47 Å². The second kappa shape index (κ2) is 7.27. The molecule has 0 aliphatic heterocycles. The molecule has 0 bridgehead atoms. The average Bonchev–Trinajstić information content (AvgIpc) is 3.08. The summed E-state index contributed by atoms with van der Waals surface area (Å²) >= 11 is 1.53. The Bertz CT molecular complexity index is 873. The predicted octanol–water partition coefficient (Wildman–Crippen LogP) is 5.14. The van der Waals surface area contributed by atoms with E-state index in [-0.39, 0.29) is 5.82 Å². The number of rotatable bonds is 5. The zero-order chi connectivity index (χ0) is 16.9. The van der Waals surface area contributed by atoms with Crippen LogP contribution in [0.5, 0.6) is 11.5 Å². The molecular weight excluding hydrogens is 325 g/mol. The van der Waals surface area contributed by atoms with Gasteiger partial charge in [0.15, 0.2) is 11.5 Å². The largest absolute Gasteiger partial charge is 0.493 e. The lowest BCUT2D eigenvalue weighted by Gasteiger charge is -2.08. The summed E-state index contributed by atoms with van der Waals surface area (Å²) in [6.45, 7) is 0. The smallest absolute Gasteiger partial charge is 0.161 e. The highest BCUT2D eigenvalue weighted by Gasteiger charge is 2.08. The standard InChI is InChI=1S/C19H16FNO2S/c1-22-17-8-7-14(11-18(17)23-2)16-12-24-19(21-16)9-6-13-4-3-5-15(20)10-13/h3-12H,1-2H3/b9-6+. The van der Waals surface area contributed by atoms with Gasteiger partial charge >= 0.3 is 0 Å². The van der Waals surface area contributed by atoms with E-state index in [0.29, 0.717) is 11.5 Å². The number of ether oxygens (including phenoxy) is 2. The summed E-state index contributed by atoms with van der Waals surface area (Å²) in [5, 5.41) is 2.83. The zero-order valence-electron chi connectivity index (χ0n) is 13.3. The average molecular weight is 341 g/mol. The van der Waals surface area contributed by atoms with Crippen molar-refractivity contribution in [2.24, 2.45) is 0 Å². The molecule has 3 nitrogen and oxygen atoms in total. The van der Waals surface area contributed by atoms with Crippen LogP contribution >= 0.6 is 11.3 Å². The van der Waals surface area contributed by atoms with E-state index in [9.17, 15) is 4.39 Å². The maximum Gasteiger partial charge on any atom is 0.161 e. The Morgan fingerprint density at radius 2 is 1.83 bits per heavy atom. The molecule has 2 aromatic carbocycles. The van der Waals surface area contributed by atoms with Crippen molar-refractivity contribution in [3.05, 3.63) is 64.2 Å². The molecule has 0 N–H and O–H groups in total. The van der Waals surface area contributed by atoms with Crippen LogP contribution in [0.3, 0.4) is 0 Å². The molecule has 24 heavy (non-hydrogen) atoms. The van der Waals surface area contributed by atoms with Crippen LogP contribution in [0, 0.1) is 5.82 Å². The number of nitrogens with zero attached hydrogens (tertiary/aromatic N) is 1. The summed E-state index contributed by atoms with van der Waals surface area (Å²) in [5.74, 6) is 1.10. The van der Waals surface area contributed by atoms with E-state index in [1.54, 1.807) is 20.3 Å². The van der Waals surface area contributed by atoms with E-state index in [0.717, 1.165) is 21.8 Å². The van der Waals surface area contributed by atoms with Gasteiger partial charge in [0.2, 0.25) is 0 Å². The van der Waals surface area contributed by atoms with Crippen molar-refractivity contribution in [3.8, 4) is 22.8 Å². The number of thiazole rings is 1. The molecule has 0 saturated carbocycles. The minimum absolute atomic E-state index is 0.248. The van der Waals surface area contributed by atoms with Gasteiger partial charge in [0, 0.05) is 10.9 Å². The van der Waals surface area contributed by atoms with Crippen LogP contribution in [-0.2, 0) is 0 Å². The monoisotopic (exact) mass is 341 g/mol. The first kappa shape index (κ1) is 16.2. The third kappa shape index (κ3) is 3.63. The van der Waals surface area contributed by atoms with Crippen LogP contribution in [-0.4, -0.2) is 19.2 Å². The van der Waals surface area contributed by atoms with Crippen molar-refractivity contribution < 1.29 is 13.9 Å². The first-order valence-electron chi connectivity index (χ1n) is 7.31. The molecular formula is C19H16FNO2S. The lowest BCUT2D eigenvalue weighted by atomic mass is 10.1. The van der Waals surface area contributed by atoms with Crippen LogP contribution in [0.1, 0.15) is 10.6 Å². The van der Waals surface area contributed by atoms with E-state index in [1.807, 2.05) is 41.8 Å². The third-order valence-electron chi connectivity index (χ3n) is 3.47. The summed E-state index contributed by atoms with van der Waals surface area (Å²) in [6.07, 6.45) is 3.73. The molecule has 1 heterocycles. The van der Waals surface area contributed by atoms with E-state index in [2.05, 4.69) is 4.98 Å². The topological polar surface area (TPSA) is 31.4 Å². The molecule has 0 aliphatic rings. The lowest BCUT2D eigenvalue weighted by molar-refractivity contribution is 0.355.